The predicted octanol–water partition coefficient (Wildman–Crippen LogP) is 3.91. The molecule has 0 aliphatic heterocycles. The Kier molecular flexibility index (Phi) is 2.71. The van der Waals surface area contributed by atoms with E-state index in [2.05, 4.69) is 43.1 Å². The van der Waals surface area contributed by atoms with E-state index in [0.29, 0.717) is 0 Å². The third kappa shape index (κ3) is 1.65. The van der Waals surface area contributed by atoms with Crippen LogP contribution in [-0.4, -0.2) is 9.97 Å². The van der Waals surface area contributed by atoms with E-state index in [1.54, 1.807) is 0 Å². The molecule has 3 aromatic rings. The van der Waals surface area contributed by atoms with Crippen molar-refractivity contribution in [3.63, 3.8) is 0 Å². The van der Waals surface area contributed by atoms with Crippen molar-refractivity contribution >= 4 is 21.8 Å². The van der Waals surface area contributed by atoms with Gasteiger partial charge in [0, 0.05) is 22.7 Å². The normalized spacial score (nSPS) is 11.2. The summed E-state index contributed by atoms with van der Waals surface area (Å²) >= 11 is 0. The molecule has 1 aromatic carbocycles. The molecule has 0 amide bonds. The van der Waals surface area contributed by atoms with E-state index in [4.69, 9.17) is 4.98 Å². The molecule has 0 atom stereocenters. The van der Waals surface area contributed by atoms with Crippen LogP contribution in [0.4, 0.5) is 0 Å². The maximum absolute atomic E-state index is 4.77. The predicted molar refractivity (Wildman–Crippen MR) is 75.8 cm³/mol. The maximum atomic E-state index is 4.77. The molecule has 0 fully saturated rings. The molecule has 18 heavy (non-hydrogen) atoms. The van der Waals surface area contributed by atoms with Crippen LogP contribution in [0.25, 0.3) is 21.8 Å². The molecular formula is C16H16N2. The number of rotatable bonds is 2. The molecule has 0 aliphatic rings. The molecule has 0 bridgehead atoms. The van der Waals surface area contributed by atoms with E-state index < -0.39 is 0 Å². The molecule has 0 radical (unpaired) electrons. The van der Waals surface area contributed by atoms with Gasteiger partial charge in [0.1, 0.15) is 0 Å². The zero-order chi connectivity index (χ0) is 12.5. The Bertz CT molecular complexity index is 717. The first-order chi connectivity index (χ1) is 8.83. The van der Waals surface area contributed by atoms with Gasteiger partial charge in [-0.15, -0.1) is 0 Å². The standard InChI is InChI=1S/C16H16N2/c1-3-11-10-13(4-2)18-16-14(11)8-7-12-6-5-9-17-15(12)16/h5-10H,3-4H2,1-2H3. The first-order valence-electron chi connectivity index (χ1n) is 6.49. The Morgan fingerprint density at radius 3 is 2.67 bits per heavy atom. The minimum Gasteiger partial charge on any atom is -0.254 e. The second kappa shape index (κ2) is 4.37. The van der Waals surface area contributed by atoms with Gasteiger partial charge in [0.25, 0.3) is 0 Å². The third-order valence-corrected chi connectivity index (χ3v) is 3.43. The molecule has 2 aromatic heterocycles. The van der Waals surface area contributed by atoms with Gasteiger partial charge in [0.05, 0.1) is 11.0 Å². The third-order valence-electron chi connectivity index (χ3n) is 3.43. The number of aromatic nitrogens is 2. The lowest BCUT2D eigenvalue weighted by Gasteiger charge is -2.09. The first-order valence-corrected chi connectivity index (χ1v) is 6.49. The molecule has 2 heteroatoms. The monoisotopic (exact) mass is 236 g/mol. The Balaban J connectivity index is 2.48. The minimum absolute atomic E-state index is 0.964. The van der Waals surface area contributed by atoms with Crippen LogP contribution in [0, 0.1) is 0 Å². The highest BCUT2D eigenvalue weighted by atomic mass is 14.7. The fourth-order valence-electron chi connectivity index (χ4n) is 2.43. The summed E-state index contributed by atoms with van der Waals surface area (Å²) in [5.74, 6) is 0. The van der Waals surface area contributed by atoms with Gasteiger partial charge < -0.3 is 0 Å². The number of pyridine rings is 2. The molecule has 0 unspecified atom stereocenters. The molecule has 0 N–H and O–H groups in total. The van der Waals surface area contributed by atoms with Crippen molar-refractivity contribution in [1.29, 1.82) is 0 Å². The lowest BCUT2D eigenvalue weighted by molar-refractivity contribution is 1.03. The maximum Gasteiger partial charge on any atom is 0.0970 e. The summed E-state index contributed by atoms with van der Waals surface area (Å²) in [6.07, 6.45) is 3.84. The number of hydrogen-bond donors (Lipinski definition) is 0. The fraction of sp³-hybridized carbons (Fsp3) is 0.250. The number of fused-ring (bicyclic) bond motifs is 3. The second-order valence-corrected chi connectivity index (χ2v) is 4.52. The molecule has 3 rings (SSSR count). The van der Waals surface area contributed by atoms with Gasteiger partial charge in [-0.1, -0.05) is 32.0 Å². The Morgan fingerprint density at radius 2 is 1.89 bits per heavy atom. The summed E-state index contributed by atoms with van der Waals surface area (Å²) < 4.78 is 0. The summed E-state index contributed by atoms with van der Waals surface area (Å²) in [7, 11) is 0. The van der Waals surface area contributed by atoms with Crippen molar-refractivity contribution in [3.8, 4) is 0 Å². The topological polar surface area (TPSA) is 25.8 Å². The minimum atomic E-state index is 0.964. The zero-order valence-electron chi connectivity index (χ0n) is 10.8. The van der Waals surface area contributed by atoms with Gasteiger partial charge in [-0.05, 0) is 30.5 Å². The van der Waals surface area contributed by atoms with E-state index in [0.717, 1.165) is 35.0 Å². The van der Waals surface area contributed by atoms with Crippen molar-refractivity contribution < 1.29 is 0 Å². The first kappa shape index (κ1) is 11.1. The lowest BCUT2D eigenvalue weighted by Crippen LogP contribution is -1.95. The van der Waals surface area contributed by atoms with Crippen LogP contribution in [0.2, 0.25) is 0 Å². The quantitative estimate of drug-likeness (QED) is 0.630. The highest BCUT2D eigenvalue weighted by Gasteiger charge is 2.07. The van der Waals surface area contributed by atoms with Gasteiger partial charge in [-0.2, -0.15) is 0 Å². The Labute approximate surface area is 107 Å². The largest absolute Gasteiger partial charge is 0.254 e. The van der Waals surface area contributed by atoms with Crippen LogP contribution in [0.15, 0.2) is 36.5 Å². The van der Waals surface area contributed by atoms with E-state index in [9.17, 15) is 0 Å². The molecule has 0 saturated heterocycles. The van der Waals surface area contributed by atoms with E-state index in [-0.39, 0.29) is 0 Å². The SMILES string of the molecule is CCc1cc(CC)c2ccc3cccnc3c2n1. The van der Waals surface area contributed by atoms with Crippen molar-refractivity contribution in [2.45, 2.75) is 26.7 Å². The van der Waals surface area contributed by atoms with Gasteiger partial charge in [-0.3, -0.25) is 9.97 Å². The number of hydrogen-bond acceptors (Lipinski definition) is 2. The average molecular weight is 236 g/mol. The lowest BCUT2D eigenvalue weighted by atomic mass is 10.0. The molecule has 0 aliphatic carbocycles. The summed E-state index contributed by atoms with van der Waals surface area (Å²) in [4.78, 5) is 9.27. The van der Waals surface area contributed by atoms with Crippen LogP contribution in [0.1, 0.15) is 25.1 Å². The zero-order valence-corrected chi connectivity index (χ0v) is 10.8. The van der Waals surface area contributed by atoms with E-state index in [1.165, 1.54) is 10.9 Å². The number of benzene rings is 1. The average Bonchev–Trinajstić information content (AvgIpc) is 2.45. The summed E-state index contributed by atoms with van der Waals surface area (Å²) in [5.41, 5.74) is 4.58. The Hall–Kier alpha value is -1.96. The molecule has 2 heterocycles. The number of aryl methyl sites for hydroxylation is 2. The van der Waals surface area contributed by atoms with Crippen LogP contribution >= 0.6 is 0 Å². The highest BCUT2D eigenvalue weighted by molar-refractivity contribution is 6.03. The van der Waals surface area contributed by atoms with Crippen molar-refractivity contribution in [3.05, 3.63) is 47.8 Å². The molecule has 0 spiro atoms. The number of nitrogens with zero attached hydrogens (tertiary/aromatic N) is 2. The van der Waals surface area contributed by atoms with Crippen LogP contribution in [0.5, 0.6) is 0 Å². The summed E-state index contributed by atoms with van der Waals surface area (Å²) in [5, 5.41) is 2.40. The van der Waals surface area contributed by atoms with E-state index >= 15 is 0 Å². The van der Waals surface area contributed by atoms with Gasteiger partial charge >= 0.3 is 0 Å². The van der Waals surface area contributed by atoms with E-state index in [1.807, 2.05) is 12.3 Å². The fourth-order valence-corrected chi connectivity index (χ4v) is 2.43. The van der Waals surface area contributed by atoms with Crippen molar-refractivity contribution in [2.24, 2.45) is 0 Å². The van der Waals surface area contributed by atoms with Gasteiger partial charge in [-0.25, -0.2) is 0 Å². The smallest absolute Gasteiger partial charge is 0.0970 e. The second-order valence-electron chi connectivity index (χ2n) is 4.52. The Morgan fingerprint density at radius 1 is 1.00 bits per heavy atom. The van der Waals surface area contributed by atoms with Crippen LogP contribution in [0.3, 0.4) is 0 Å². The molecule has 2 nitrogen and oxygen atoms in total. The van der Waals surface area contributed by atoms with Crippen LogP contribution in [-0.2, 0) is 12.8 Å². The van der Waals surface area contributed by atoms with Gasteiger partial charge in [0.2, 0.25) is 0 Å². The molecule has 90 valence electrons. The molecule has 0 saturated carbocycles. The summed E-state index contributed by atoms with van der Waals surface area (Å²) in [6, 6.07) is 10.6. The highest BCUT2D eigenvalue weighted by Crippen LogP contribution is 2.25. The van der Waals surface area contributed by atoms with Crippen LogP contribution < -0.4 is 0 Å². The van der Waals surface area contributed by atoms with Crippen molar-refractivity contribution in [2.75, 3.05) is 0 Å². The van der Waals surface area contributed by atoms with Gasteiger partial charge in [0.15, 0.2) is 0 Å². The molecular weight excluding hydrogens is 220 g/mol. The summed E-state index contributed by atoms with van der Waals surface area (Å²) in [6.45, 7) is 4.34. The van der Waals surface area contributed by atoms with Crippen molar-refractivity contribution in [1.82, 2.24) is 9.97 Å².